The number of rotatable bonds is 14. The van der Waals surface area contributed by atoms with Crippen LogP contribution < -0.4 is 5.43 Å². The predicted molar refractivity (Wildman–Crippen MR) is 145 cm³/mol. The van der Waals surface area contributed by atoms with Crippen molar-refractivity contribution in [2.45, 2.75) is 52.0 Å². The van der Waals surface area contributed by atoms with E-state index in [9.17, 15) is 13.9 Å². The summed E-state index contributed by atoms with van der Waals surface area (Å²) in [7, 11) is -8.52. The van der Waals surface area contributed by atoms with Crippen LogP contribution in [0.25, 0.3) is 11.1 Å². The molecular formula is C26H35FN2O7P2. The molecule has 1 aliphatic rings. The highest BCUT2D eigenvalue weighted by atomic mass is 31.2. The fourth-order valence-corrected chi connectivity index (χ4v) is 9.60. The van der Waals surface area contributed by atoms with Crippen molar-refractivity contribution in [3.63, 3.8) is 0 Å². The SMILES string of the molecule is CCOP(=O)(OCC)C1(P(=O)(OCC)OCC)CC(C(=O)C(C)c2ccc(-c3ccccc3)c(F)c2)=NN1. The fraction of sp³-hybridized carbons (Fsp3) is 0.462. The predicted octanol–water partition coefficient (Wildman–Crippen LogP) is 6.70. The Bertz CT molecular complexity index is 1210. The number of halogens is 1. The van der Waals surface area contributed by atoms with Gasteiger partial charge in [-0.25, -0.2) is 4.39 Å². The molecule has 3 rings (SSSR count). The van der Waals surface area contributed by atoms with E-state index in [4.69, 9.17) is 18.1 Å². The minimum atomic E-state index is -4.26. The zero-order valence-corrected chi connectivity index (χ0v) is 24.1. The van der Waals surface area contributed by atoms with E-state index in [1.54, 1.807) is 58.9 Å². The number of Topliss-reactive ketones (excluding diaryl/α,β-unsaturated/α-hetero) is 1. The molecule has 38 heavy (non-hydrogen) atoms. The van der Waals surface area contributed by atoms with Crippen LogP contribution in [0.15, 0.2) is 53.6 Å². The Hall–Kier alpha value is -2.19. The van der Waals surface area contributed by atoms with Gasteiger partial charge in [0, 0.05) is 17.9 Å². The van der Waals surface area contributed by atoms with Crippen molar-refractivity contribution in [3.8, 4) is 11.1 Å². The molecule has 208 valence electrons. The molecular weight excluding hydrogens is 533 g/mol. The van der Waals surface area contributed by atoms with E-state index in [0.717, 1.165) is 5.56 Å². The van der Waals surface area contributed by atoms with Crippen molar-refractivity contribution in [1.82, 2.24) is 5.43 Å². The minimum absolute atomic E-state index is 0.0221. The summed E-state index contributed by atoms with van der Waals surface area (Å²) in [5, 5.41) is 2.08. The Morgan fingerprint density at radius 1 is 0.947 bits per heavy atom. The van der Waals surface area contributed by atoms with Crippen molar-refractivity contribution in [2.24, 2.45) is 5.10 Å². The van der Waals surface area contributed by atoms with Gasteiger partial charge in [-0.3, -0.25) is 19.4 Å². The second-order valence-corrected chi connectivity index (χ2v) is 13.4. The van der Waals surface area contributed by atoms with Crippen LogP contribution in [0.3, 0.4) is 0 Å². The topological polar surface area (TPSA) is 113 Å². The molecule has 1 aliphatic heterocycles. The molecule has 1 unspecified atom stereocenters. The van der Waals surface area contributed by atoms with Gasteiger partial charge in [-0.2, -0.15) is 5.10 Å². The van der Waals surface area contributed by atoms with Gasteiger partial charge in [0.05, 0.1) is 26.4 Å². The molecule has 2 aromatic carbocycles. The van der Waals surface area contributed by atoms with Gasteiger partial charge in [0.25, 0.3) is 5.02 Å². The molecule has 0 aromatic heterocycles. The van der Waals surface area contributed by atoms with Crippen molar-refractivity contribution >= 4 is 26.7 Å². The normalized spacial score (nSPS) is 16.1. The molecule has 0 saturated heterocycles. The standard InChI is InChI=1S/C26H35FN2O7P2/c1-6-33-37(31,34-7-2)26(38(32,35-8-3)36-9-4)18-24(28-29-26)25(30)19(5)21-15-16-22(23(27)17-21)20-13-11-10-12-14-20/h10-17,19,29H,6-9,18H2,1-5H3. The zero-order valence-electron chi connectivity index (χ0n) is 22.3. The highest BCUT2D eigenvalue weighted by Crippen LogP contribution is 2.78. The number of hydrogen-bond acceptors (Lipinski definition) is 9. The Morgan fingerprint density at radius 3 is 1.95 bits per heavy atom. The maximum absolute atomic E-state index is 15.0. The van der Waals surface area contributed by atoms with Gasteiger partial charge in [0.2, 0.25) is 0 Å². The van der Waals surface area contributed by atoms with Crippen LogP contribution in [0.2, 0.25) is 0 Å². The highest BCUT2D eigenvalue weighted by Gasteiger charge is 2.68. The number of nitrogens with one attached hydrogen (secondary N) is 1. The third-order valence-electron chi connectivity index (χ3n) is 6.14. The Morgan fingerprint density at radius 2 is 1.47 bits per heavy atom. The molecule has 0 amide bonds. The maximum Gasteiger partial charge on any atom is 0.370 e. The van der Waals surface area contributed by atoms with Crippen LogP contribution in [0.4, 0.5) is 4.39 Å². The number of benzene rings is 2. The van der Waals surface area contributed by atoms with Crippen LogP contribution in [-0.2, 0) is 32.0 Å². The Labute approximate surface area is 223 Å². The monoisotopic (exact) mass is 568 g/mol. The number of carbonyl (C=O) groups is 1. The Kier molecular flexibility index (Phi) is 10.2. The third kappa shape index (κ3) is 5.71. The van der Waals surface area contributed by atoms with Crippen molar-refractivity contribution < 1.29 is 36.4 Å². The van der Waals surface area contributed by atoms with Crippen LogP contribution in [0.1, 0.15) is 52.5 Å². The van der Waals surface area contributed by atoms with Crippen LogP contribution >= 0.6 is 15.2 Å². The van der Waals surface area contributed by atoms with E-state index in [1.165, 1.54) is 6.07 Å². The van der Waals surface area contributed by atoms with Gasteiger partial charge < -0.3 is 18.1 Å². The van der Waals surface area contributed by atoms with Gasteiger partial charge in [-0.1, -0.05) is 49.4 Å². The van der Waals surface area contributed by atoms with Gasteiger partial charge in [-0.05, 0) is 44.9 Å². The molecule has 2 aromatic rings. The van der Waals surface area contributed by atoms with Crippen LogP contribution in [-0.4, -0.2) is 42.9 Å². The maximum atomic E-state index is 15.0. The lowest BCUT2D eigenvalue weighted by molar-refractivity contribution is -0.114. The van der Waals surface area contributed by atoms with Crippen molar-refractivity contribution in [1.29, 1.82) is 0 Å². The molecule has 0 fully saturated rings. The summed E-state index contributed by atoms with van der Waals surface area (Å²) in [6, 6.07) is 13.7. The molecule has 12 heteroatoms. The smallest absolute Gasteiger partial charge is 0.307 e. The van der Waals surface area contributed by atoms with Gasteiger partial charge >= 0.3 is 15.2 Å². The molecule has 1 atom stereocenters. The first-order chi connectivity index (χ1) is 18.1. The molecule has 0 spiro atoms. The zero-order chi connectivity index (χ0) is 28.0. The molecule has 0 saturated carbocycles. The molecule has 1 N–H and O–H groups in total. The summed E-state index contributed by atoms with van der Waals surface area (Å²) < 4.78 is 65.4. The number of ketones is 1. The van der Waals surface area contributed by atoms with Crippen LogP contribution in [0.5, 0.6) is 0 Å². The van der Waals surface area contributed by atoms with Crippen molar-refractivity contribution in [3.05, 3.63) is 59.9 Å². The third-order valence-corrected chi connectivity index (χ3v) is 12.3. The highest BCUT2D eigenvalue weighted by molar-refractivity contribution is 7.74. The molecule has 0 radical (unpaired) electrons. The average Bonchev–Trinajstić information content (AvgIpc) is 3.37. The minimum Gasteiger partial charge on any atom is -0.307 e. The summed E-state index contributed by atoms with van der Waals surface area (Å²) in [6.45, 7) is 7.99. The first-order valence-electron chi connectivity index (χ1n) is 12.6. The van der Waals surface area contributed by atoms with Crippen molar-refractivity contribution in [2.75, 3.05) is 26.4 Å². The van der Waals surface area contributed by atoms with Gasteiger partial charge in [0.1, 0.15) is 11.5 Å². The van der Waals surface area contributed by atoms with Gasteiger partial charge in [-0.15, -0.1) is 0 Å². The van der Waals surface area contributed by atoms with E-state index in [-0.39, 0.29) is 32.1 Å². The summed E-state index contributed by atoms with van der Waals surface area (Å²) in [4.78, 5) is 13.5. The van der Waals surface area contributed by atoms with Gasteiger partial charge in [0.15, 0.2) is 5.78 Å². The number of carbonyl (C=O) groups excluding carboxylic acids is 1. The first kappa shape index (κ1) is 30.4. The van der Waals surface area contributed by atoms with Crippen LogP contribution in [0, 0.1) is 5.82 Å². The lowest BCUT2D eigenvalue weighted by Gasteiger charge is -2.38. The average molecular weight is 569 g/mol. The molecule has 0 bridgehead atoms. The van der Waals surface area contributed by atoms with E-state index in [2.05, 4.69) is 10.5 Å². The Balaban J connectivity index is 1.96. The first-order valence-corrected chi connectivity index (χ1v) is 15.7. The summed E-state index contributed by atoms with van der Waals surface area (Å²) in [5.74, 6) is -1.74. The van der Waals surface area contributed by atoms with E-state index < -0.39 is 44.2 Å². The summed E-state index contributed by atoms with van der Waals surface area (Å²) in [5.41, 5.74) is 4.15. The number of hydrazone groups is 1. The van der Waals surface area contributed by atoms with E-state index >= 15 is 4.39 Å². The molecule has 9 nitrogen and oxygen atoms in total. The summed E-state index contributed by atoms with van der Waals surface area (Å²) in [6.07, 6.45) is -0.394. The molecule has 0 aliphatic carbocycles. The largest absolute Gasteiger partial charge is 0.370 e. The number of hydrogen-bond donors (Lipinski definition) is 1. The fourth-order valence-electron chi connectivity index (χ4n) is 4.31. The second-order valence-electron chi connectivity index (χ2n) is 8.52. The second kappa shape index (κ2) is 12.8. The quantitative estimate of drug-likeness (QED) is 0.251. The lowest BCUT2D eigenvalue weighted by atomic mass is 9.91. The van der Waals surface area contributed by atoms with E-state index in [0.29, 0.717) is 11.1 Å². The van der Waals surface area contributed by atoms with E-state index in [1.807, 2.05) is 18.2 Å². The molecule has 1 heterocycles. The number of nitrogens with zero attached hydrogens (tertiary/aromatic N) is 1. The summed E-state index contributed by atoms with van der Waals surface area (Å²) >= 11 is 0. The lowest BCUT2D eigenvalue weighted by Crippen LogP contribution is -2.42.